The van der Waals surface area contributed by atoms with Crippen LogP contribution in [0.5, 0.6) is 0 Å². The molecule has 5 heteroatoms. The van der Waals surface area contributed by atoms with Crippen molar-refractivity contribution in [2.75, 3.05) is 39.3 Å². The quantitative estimate of drug-likeness (QED) is 0.618. The Morgan fingerprint density at radius 1 is 1.44 bits per heavy atom. The van der Waals surface area contributed by atoms with Crippen molar-refractivity contribution in [3.05, 3.63) is 0 Å². The first-order chi connectivity index (χ1) is 7.69. The smallest absolute Gasteiger partial charge is 0.298 e. The fourth-order valence-electron chi connectivity index (χ4n) is 1.60. The van der Waals surface area contributed by atoms with Crippen LogP contribution in [0.1, 0.15) is 6.92 Å². The van der Waals surface area contributed by atoms with Crippen molar-refractivity contribution < 1.29 is 9.59 Å². The van der Waals surface area contributed by atoms with E-state index in [0.717, 1.165) is 13.1 Å². The van der Waals surface area contributed by atoms with Crippen LogP contribution >= 0.6 is 0 Å². The lowest BCUT2D eigenvalue weighted by Gasteiger charge is -2.29. The highest BCUT2D eigenvalue weighted by atomic mass is 16.2. The second-order valence-electron chi connectivity index (χ2n) is 3.59. The Hall–Kier alpha value is -1.54. The van der Waals surface area contributed by atoms with Gasteiger partial charge in [0.1, 0.15) is 6.54 Å². The number of rotatable bonds is 3. The van der Waals surface area contributed by atoms with Gasteiger partial charge in [-0.1, -0.05) is 0 Å². The molecule has 0 atom stereocenters. The molecule has 0 aromatic heterocycles. The van der Waals surface area contributed by atoms with Gasteiger partial charge in [0.05, 0.1) is 0 Å². The maximum Gasteiger partial charge on any atom is 0.298 e. The summed E-state index contributed by atoms with van der Waals surface area (Å²) in [5, 5.41) is 3.16. The van der Waals surface area contributed by atoms with Gasteiger partial charge in [0, 0.05) is 32.7 Å². The maximum absolute atomic E-state index is 11.8. The zero-order chi connectivity index (χ0) is 12.0. The summed E-state index contributed by atoms with van der Waals surface area (Å²) < 4.78 is 0. The van der Waals surface area contributed by atoms with E-state index in [1.54, 1.807) is 11.8 Å². The number of terminal acetylenes is 1. The van der Waals surface area contributed by atoms with Crippen LogP contribution in [0.25, 0.3) is 0 Å². The van der Waals surface area contributed by atoms with Crippen LogP contribution in [-0.2, 0) is 9.59 Å². The molecule has 5 nitrogen and oxygen atoms in total. The summed E-state index contributed by atoms with van der Waals surface area (Å²) in [4.78, 5) is 26.2. The molecular formula is C11H17N3O2. The number of carbonyl (C=O) groups excluding carboxylic acids is 2. The Balaban J connectivity index is 2.48. The van der Waals surface area contributed by atoms with Crippen molar-refractivity contribution in [1.29, 1.82) is 0 Å². The van der Waals surface area contributed by atoms with Crippen LogP contribution in [0.2, 0.25) is 0 Å². The van der Waals surface area contributed by atoms with Crippen LogP contribution in [0.4, 0.5) is 0 Å². The molecule has 0 bridgehead atoms. The van der Waals surface area contributed by atoms with Crippen molar-refractivity contribution in [3.63, 3.8) is 0 Å². The van der Waals surface area contributed by atoms with Gasteiger partial charge in [0.2, 0.25) is 5.91 Å². The number of nitrogens with one attached hydrogen (secondary N) is 1. The van der Waals surface area contributed by atoms with E-state index in [-0.39, 0.29) is 12.5 Å². The summed E-state index contributed by atoms with van der Waals surface area (Å²) in [6.45, 7) is 5.35. The summed E-state index contributed by atoms with van der Waals surface area (Å²) in [6, 6.07) is 0. The molecule has 0 aromatic rings. The van der Waals surface area contributed by atoms with Crippen molar-refractivity contribution in [2.24, 2.45) is 0 Å². The van der Waals surface area contributed by atoms with Crippen molar-refractivity contribution in [3.8, 4) is 12.3 Å². The van der Waals surface area contributed by atoms with E-state index in [1.165, 1.54) is 4.90 Å². The molecule has 0 unspecified atom stereocenters. The topological polar surface area (TPSA) is 52.7 Å². The minimum atomic E-state index is -0.425. The van der Waals surface area contributed by atoms with Crippen molar-refractivity contribution in [1.82, 2.24) is 15.1 Å². The molecule has 0 aromatic carbocycles. The number of hydrogen-bond acceptors (Lipinski definition) is 3. The Bertz CT molecular complexity index is 303. The molecule has 0 radical (unpaired) electrons. The predicted octanol–water partition coefficient (Wildman–Crippen LogP) is -1.10. The predicted molar refractivity (Wildman–Crippen MR) is 60.5 cm³/mol. The van der Waals surface area contributed by atoms with Crippen molar-refractivity contribution in [2.45, 2.75) is 6.92 Å². The fourth-order valence-corrected chi connectivity index (χ4v) is 1.60. The third-order valence-corrected chi connectivity index (χ3v) is 2.59. The first-order valence-electron chi connectivity index (χ1n) is 5.43. The van der Waals surface area contributed by atoms with Crippen LogP contribution in [-0.4, -0.2) is 60.9 Å². The summed E-state index contributed by atoms with van der Waals surface area (Å²) in [5.41, 5.74) is 0. The summed E-state index contributed by atoms with van der Waals surface area (Å²) in [6.07, 6.45) is 5.03. The highest BCUT2D eigenvalue weighted by molar-refractivity contribution is 5.95. The molecule has 1 heterocycles. The number of likely N-dealkylation sites (N-methyl/N-ethyl adjacent to an activating group) is 1. The van der Waals surface area contributed by atoms with Gasteiger partial charge in [0.25, 0.3) is 5.91 Å². The second-order valence-corrected chi connectivity index (χ2v) is 3.59. The minimum absolute atomic E-state index is 0.0352. The monoisotopic (exact) mass is 223 g/mol. The molecule has 88 valence electrons. The summed E-state index contributed by atoms with van der Waals surface area (Å²) in [7, 11) is 0. The van der Waals surface area contributed by atoms with Crippen LogP contribution < -0.4 is 5.32 Å². The summed E-state index contributed by atoms with van der Waals surface area (Å²) in [5.74, 6) is 1.57. The zero-order valence-corrected chi connectivity index (χ0v) is 9.53. The molecule has 1 fully saturated rings. The molecule has 2 amide bonds. The molecule has 1 N–H and O–H groups in total. The molecule has 0 aliphatic carbocycles. The van der Waals surface area contributed by atoms with E-state index in [4.69, 9.17) is 6.42 Å². The number of amides is 2. The Morgan fingerprint density at radius 2 is 2.06 bits per heavy atom. The molecule has 0 spiro atoms. The SMILES string of the molecule is C#CC(=O)N(CC)CC(=O)N1CCNCC1. The van der Waals surface area contributed by atoms with E-state index in [1.807, 2.05) is 5.92 Å². The average Bonchev–Trinajstić information content (AvgIpc) is 2.35. The molecule has 0 saturated carbocycles. The largest absolute Gasteiger partial charge is 0.339 e. The highest BCUT2D eigenvalue weighted by Crippen LogP contribution is 1.97. The van der Waals surface area contributed by atoms with Gasteiger partial charge in [-0.05, 0) is 12.8 Å². The average molecular weight is 223 g/mol. The number of nitrogens with zero attached hydrogens (tertiary/aromatic N) is 2. The van der Waals surface area contributed by atoms with Crippen LogP contribution in [0, 0.1) is 12.3 Å². The van der Waals surface area contributed by atoms with E-state index in [9.17, 15) is 9.59 Å². The Labute approximate surface area is 95.8 Å². The van der Waals surface area contributed by atoms with Gasteiger partial charge in [-0.25, -0.2) is 0 Å². The lowest BCUT2D eigenvalue weighted by molar-refractivity contribution is -0.138. The molecular weight excluding hydrogens is 206 g/mol. The lowest BCUT2D eigenvalue weighted by atomic mass is 10.3. The van der Waals surface area contributed by atoms with Crippen molar-refractivity contribution >= 4 is 11.8 Å². The standard InChI is InChI=1S/C11H17N3O2/c1-3-10(15)13(4-2)9-11(16)14-7-5-12-6-8-14/h1,12H,4-9H2,2H3. The fraction of sp³-hybridized carbons (Fsp3) is 0.636. The molecule has 1 rings (SSSR count). The third kappa shape index (κ3) is 3.24. The number of carbonyl (C=O) groups is 2. The van der Waals surface area contributed by atoms with E-state index < -0.39 is 5.91 Å². The lowest BCUT2D eigenvalue weighted by Crippen LogP contribution is -2.50. The molecule has 1 saturated heterocycles. The van der Waals surface area contributed by atoms with Gasteiger partial charge >= 0.3 is 0 Å². The molecule has 1 aliphatic heterocycles. The zero-order valence-electron chi connectivity index (χ0n) is 9.53. The number of piperazine rings is 1. The normalized spacial score (nSPS) is 15.4. The summed E-state index contributed by atoms with van der Waals surface area (Å²) >= 11 is 0. The van der Waals surface area contributed by atoms with Crippen LogP contribution in [0.15, 0.2) is 0 Å². The van der Waals surface area contributed by atoms with Gasteiger partial charge < -0.3 is 15.1 Å². The van der Waals surface area contributed by atoms with Gasteiger partial charge in [0.15, 0.2) is 0 Å². The van der Waals surface area contributed by atoms with Gasteiger partial charge in [-0.2, -0.15) is 0 Å². The van der Waals surface area contributed by atoms with Crippen LogP contribution in [0.3, 0.4) is 0 Å². The van der Waals surface area contributed by atoms with Gasteiger partial charge in [-0.15, -0.1) is 6.42 Å². The number of hydrogen-bond donors (Lipinski definition) is 1. The van der Waals surface area contributed by atoms with E-state index in [0.29, 0.717) is 19.6 Å². The molecule has 1 aliphatic rings. The maximum atomic E-state index is 11.8. The first kappa shape index (κ1) is 12.5. The second kappa shape index (κ2) is 6.13. The highest BCUT2D eigenvalue weighted by Gasteiger charge is 2.20. The third-order valence-electron chi connectivity index (χ3n) is 2.59. The minimum Gasteiger partial charge on any atom is -0.339 e. The van der Waals surface area contributed by atoms with Gasteiger partial charge in [-0.3, -0.25) is 9.59 Å². The van der Waals surface area contributed by atoms with E-state index >= 15 is 0 Å². The first-order valence-corrected chi connectivity index (χ1v) is 5.43. The molecule has 16 heavy (non-hydrogen) atoms. The Kier molecular flexibility index (Phi) is 4.80. The Morgan fingerprint density at radius 3 is 2.56 bits per heavy atom. The van der Waals surface area contributed by atoms with E-state index in [2.05, 4.69) is 5.32 Å².